The van der Waals surface area contributed by atoms with Crippen molar-refractivity contribution < 1.29 is 24.5 Å². The number of carbonyl (C=O) groups excluding carboxylic acids is 2. The van der Waals surface area contributed by atoms with Gasteiger partial charge in [-0.15, -0.1) is 0 Å². The molecule has 0 aliphatic carbocycles. The van der Waals surface area contributed by atoms with E-state index in [1.54, 1.807) is 20.8 Å². The summed E-state index contributed by atoms with van der Waals surface area (Å²) in [6.45, 7) is 12.7. The third kappa shape index (κ3) is 7.59. The molecule has 2 heterocycles. The highest BCUT2D eigenvalue weighted by Crippen LogP contribution is 2.33. The van der Waals surface area contributed by atoms with E-state index in [2.05, 4.69) is 22.5 Å². The molecule has 8 heteroatoms. The summed E-state index contributed by atoms with van der Waals surface area (Å²) in [6, 6.07) is 6.01. The van der Waals surface area contributed by atoms with Gasteiger partial charge in [-0.3, -0.25) is 9.59 Å². The lowest BCUT2D eigenvalue weighted by molar-refractivity contribution is -0.155. The molecule has 0 amide bonds. The third-order valence-corrected chi connectivity index (χ3v) is 8.63. The second-order valence-electron chi connectivity index (χ2n) is 12.6. The van der Waals surface area contributed by atoms with Gasteiger partial charge in [0.1, 0.15) is 17.7 Å². The number of aliphatic hydroxyl groups excluding tert-OH is 2. The van der Waals surface area contributed by atoms with Crippen molar-refractivity contribution in [3.05, 3.63) is 41.2 Å². The van der Waals surface area contributed by atoms with Gasteiger partial charge in [0.25, 0.3) is 0 Å². The Morgan fingerprint density at radius 2 is 1.85 bits per heavy atom. The Bertz CT molecular complexity index is 1210. The van der Waals surface area contributed by atoms with E-state index in [1.165, 1.54) is 5.57 Å². The van der Waals surface area contributed by atoms with E-state index in [9.17, 15) is 19.8 Å². The van der Waals surface area contributed by atoms with Crippen LogP contribution in [0.5, 0.6) is 0 Å². The number of aromatic nitrogens is 2. The van der Waals surface area contributed by atoms with Crippen LogP contribution >= 0.6 is 0 Å². The number of ketones is 1. The van der Waals surface area contributed by atoms with Gasteiger partial charge >= 0.3 is 5.97 Å². The second kappa shape index (κ2) is 13.4. The maximum absolute atomic E-state index is 13.3. The smallest absolute Gasteiger partial charge is 0.309 e. The Labute approximate surface area is 239 Å². The summed E-state index contributed by atoms with van der Waals surface area (Å²) in [4.78, 5) is 33.4. The molecule has 0 fully saturated rings. The molecule has 1 aromatic heterocycles. The maximum Gasteiger partial charge on any atom is 0.309 e. The maximum atomic E-state index is 13.3. The molecule has 0 saturated carbocycles. The minimum atomic E-state index is -1.24. The van der Waals surface area contributed by atoms with E-state index in [4.69, 9.17) is 9.72 Å². The van der Waals surface area contributed by atoms with Crippen molar-refractivity contribution in [1.29, 1.82) is 0 Å². The molecule has 3 unspecified atom stereocenters. The molecular formula is C32H49N3O5. The van der Waals surface area contributed by atoms with Crippen molar-refractivity contribution in [3.63, 3.8) is 0 Å². The zero-order valence-electron chi connectivity index (χ0n) is 25.6. The Balaban J connectivity index is 1.93. The average molecular weight is 556 g/mol. The van der Waals surface area contributed by atoms with Gasteiger partial charge in [-0.1, -0.05) is 45.4 Å². The number of hydrogen-bond acceptors (Lipinski definition) is 7. The number of rotatable bonds is 4. The van der Waals surface area contributed by atoms with E-state index in [0.717, 1.165) is 54.8 Å². The van der Waals surface area contributed by atoms with Crippen molar-refractivity contribution in [2.24, 2.45) is 17.3 Å². The van der Waals surface area contributed by atoms with Gasteiger partial charge in [-0.05, 0) is 70.8 Å². The number of Topliss-reactive ketones (excluding diaryl/α,β-unsaturated/α-hetero) is 1. The van der Waals surface area contributed by atoms with Gasteiger partial charge < -0.3 is 24.4 Å². The van der Waals surface area contributed by atoms with Crippen LogP contribution in [0.25, 0.3) is 11.0 Å². The van der Waals surface area contributed by atoms with Crippen molar-refractivity contribution >= 4 is 22.8 Å². The first-order valence-electron chi connectivity index (χ1n) is 14.6. The van der Waals surface area contributed by atoms with Gasteiger partial charge in [-0.2, -0.15) is 0 Å². The van der Waals surface area contributed by atoms with Crippen LogP contribution in [0.4, 0.5) is 0 Å². The van der Waals surface area contributed by atoms with Gasteiger partial charge in [0.15, 0.2) is 0 Å². The van der Waals surface area contributed by atoms with E-state index in [1.807, 2.05) is 46.1 Å². The molecule has 40 heavy (non-hydrogen) atoms. The number of fused-ring (bicyclic) bond motifs is 1. The topological polar surface area (TPSA) is 105 Å². The Hall–Kier alpha value is -2.55. The lowest BCUT2D eigenvalue weighted by atomic mass is 9.73. The van der Waals surface area contributed by atoms with Crippen molar-refractivity contribution in [2.75, 3.05) is 20.6 Å². The summed E-state index contributed by atoms with van der Waals surface area (Å²) in [6.07, 6.45) is 2.25. The zero-order chi connectivity index (χ0) is 29.8. The fourth-order valence-electron chi connectivity index (χ4n) is 5.60. The molecule has 2 aromatic rings. The number of carbonyl (C=O) groups is 2. The van der Waals surface area contributed by atoms with Gasteiger partial charge in [0.2, 0.25) is 0 Å². The molecule has 5 atom stereocenters. The van der Waals surface area contributed by atoms with Crippen LogP contribution in [-0.4, -0.2) is 69.3 Å². The number of ether oxygens (including phenoxy) is 1. The molecule has 1 aliphatic heterocycles. The first kappa shape index (κ1) is 32.0. The average Bonchev–Trinajstić information content (AvgIpc) is 3.21. The predicted molar refractivity (Wildman–Crippen MR) is 158 cm³/mol. The summed E-state index contributed by atoms with van der Waals surface area (Å²) >= 11 is 0. The Kier molecular flexibility index (Phi) is 10.7. The molecule has 0 spiro atoms. The summed E-state index contributed by atoms with van der Waals surface area (Å²) < 4.78 is 8.17. The number of allylic oxidation sites excluding steroid dienone is 1. The van der Waals surface area contributed by atoms with E-state index < -0.39 is 35.6 Å². The van der Waals surface area contributed by atoms with Crippen LogP contribution in [-0.2, 0) is 20.9 Å². The lowest BCUT2D eigenvalue weighted by Crippen LogP contribution is -2.45. The largest absolute Gasteiger partial charge is 0.457 e. The van der Waals surface area contributed by atoms with E-state index in [0.29, 0.717) is 6.42 Å². The SMILES string of the molecule is CC1=CC[C@@H](c2ccc3c(c2)nc(C)n3CCN(C)C)OC(=O)CC(O)C(C)(C)C(=O)C(C)[C@@H](O)C(C)CCC1. The minimum absolute atomic E-state index is 0.0574. The molecular weight excluding hydrogens is 506 g/mol. The number of esters is 1. The molecule has 8 nitrogen and oxygen atoms in total. The molecule has 1 aliphatic rings. The lowest BCUT2D eigenvalue weighted by Gasteiger charge is -2.34. The van der Waals surface area contributed by atoms with E-state index in [-0.39, 0.29) is 18.1 Å². The van der Waals surface area contributed by atoms with Crippen LogP contribution in [0.1, 0.15) is 84.2 Å². The standard InChI is InChI=1S/C32H49N3O5/c1-20-10-9-11-21(2)30(38)22(3)31(39)32(5,6)28(36)19-29(37)40-27(15-12-20)24-13-14-26-25(18-24)33-23(4)35(26)17-16-34(7)8/h12-14,18,21-22,27-28,30,36,38H,9-11,15-17,19H2,1-8H3/t21?,22?,27-,28?,30-/m0/s1. The third-order valence-electron chi connectivity index (χ3n) is 8.63. The van der Waals surface area contributed by atoms with Gasteiger partial charge in [0.05, 0.1) is 35.1 Å². The number of imidazole rings is 1. The predicted octanol–water partition coefficient (Wildman–Crippen LogP) is 4.99. The van der Waals surface area contributed by atoms with Crippen molar-refractivity contribution in [2.45, 2.75) is 98.5 Å². The quantitative estimate of drug-likeness (QED) is 0.405. The number of aryl methyl sites for hydroxylation is 1. The molecule has 0 saturated heterocycles. The van der Waals surface area contributed by atoms with Gasteiger partial charge in [0, 0.05) is 25.4 Å². The van der Waals surface area contributed by atoms with Crippen LogP contribution in [0, 0.1) is 24.2 Å². The van der Waals surface area contributed by atoms with Crippen molar-refractivity contribution in [3.8, 4) is 0 Å². The highest BCUT2D eigenvalue weighted by atomic mass is 16.5. The fraction of sp³-hybridized carbons (Fsp3) is 0.656. The molecule has 0 radical (unpaired) electrons. The summed E-state index contributed by atoms with van der Waals surface area (Å²) in [5, 5.41) is 21.8. The molecule has 222 valence electrons. The zero-order valence-corrected chi connectivity index (χ0v) is 25.6. The van der Waals surface area contributed by atoms with E-state index >= 15 is 0 Å². The summed E-state index contributed by atoms with van der Waals surface area (Å²) in [5.74, 6) is -0.592. The fourth-order valence-corrected chi connectivity index (χ4v) is 5.60. The summed E-state index contributed by atoms with van der Waals surface area (Å²) in [7, 11) is 4.09. The Morgan fingerprint density at radius 3 is 2.52 bits per heavy atom. The van der Waals surface area contributed by atoms with Crippen LogP contribution < -0.4 is 0 Å². The normalized spacial score (nSPS) is 27.6. The Morgan fingerprint density at radius 1 is 1.15 bits per heavy atom. The van der Waals surface area contributed by atoms with Crippen molar-refractivity contribution in [1.82, 2.24) is 14.5 Å². The first-order valence-corrected chi connectivity index (χ1v) is 14.6. The number of nitrogens with zero attached hydrogens (tertiary/aromatic N) is 3. The highest BCUT2D eigenvalue weighted by molar-refractivity contribution is 5.88. The number of hydrogen-bond donors (Lipinski definition) is 2. The minimum Gasteiger partial charge on any atom is -0.457 e. The number of aliphatic hydroxyl groups is 2. The molecule has 1 aromatic carbocycles. The van der Waals surface area contributed by atoms with Crippen LogP contribution in [0.15, 0.2) is 29.8 Å². The van der Waals surface area contributed by atoms with Crippen LogP contribution in [0.3, 0.4) is 0 Å². The molecule has 3 rings (SSSR count). The summed E-state index contributed by atoms with van der Waals surface area (Å²) in [5.41, 5.74) is 2.71. The monoisotopic (exact) mass is 555 g/mol. The van der Waals surface area contributed by atoms with Gasteiger partial charge in [-0.25, -0.2) is 4.98 Å². The molecule has 2 N–H and O–H groups in total. The number of cyclic esters (lactones) is 1. The second-order valence-corrected chi connectivity index (χ2v) is 12.6. The number of benzene rings is 1. The molecule has 0 bridgehead atoms. The highest BCUT2D eigenvalue weighted by Gasteiger charge is 2.42. The number of likely N-dealkylation sites (N-methyl/N-ethyl adjacent to an activating group) is 1. The first-order chi connectivity index (χ1) is 18.7. The van der Waals surface area contributed by atoms with Crippen LogP contribution in [0.2, 0.25) is 0 Å².